The summed E-state index contributed by atoms with van der Waals surface area (Å²) in [5.41, 5.74) is 1.30. The molecule has 2 saturated heterocycles. The zero-order valence-electron chi connectivity index (χ0n) is 24.1. The van der Waals surface area contributed by atoms with Crippen LogP contribution in [0.25, 0.3) is 10.9 Å². The van der Waals surface area contributed by atoms with Crippen LogP contribution in [0.4, 0.5) is 15.9 Å². The van der Waals surface area contributed by atoms with E-state index in [1.54, 1.807) is 13.2 Å². The SMILES string of the molecule is COc1cc2ncnc(Nc3ccc(F)c(Cl)c3)c2cc1OCCCN1C[C@@H]2OCCO[C@@H]2C1.CS(=O)(=O)O.CS(=O)(=O)O. The summed E-state index contributed by atoms with van der Waals surface area (Å²) in [6.45, 7) is 4.56. The molecular weight excluding hydrogens is 647 g/mol. The minimum atomic E-state index is -3.67. The van der Waals surface area contributed by atoms with Crippen LogP contribution in [0.1, 0.15) is 6.42 Å². The number of ether oxygens (including phenoxy) is 4. The summed E-state index contributed by atoms with van der Waals surface area (Å²) in [6.07, 6.45) is 4.09. The van der Waals surface area contributed by atoms with Gasteiger partial charge in [0.1, 0.15) is 18.0 Å². The summed E-state index contributed by atoms with van der Waals surface area (Å²) < 4.78 is 88.4. The Balaban J connectivity index is 0.000000461. The lowest BCUT2D eigenvalue weighted by atomic mass is 10.2. The molecule has 14 nitrogen and oxygen atoms in total. The summed E-state index contributed by atoms with van der Waals surface area (Å²) >= 11 is 5.91. The van der Waals surface area contributed by atoms with Crippen LogP contribution < -0.4 is 14.8 Å². The number of nitrogens with one attached hydrogen (secondary N) is 1. The summed E-state index contributed by atoms with van der Waals surface area (Å²) in [7, 11) is -5.74. The highest BCUT2D eigenvalue weighted by molar-refractivity contribution is 7.85. The molecule has 3 heterocycles. The number of likely N-dealkylation sites (tertiary alicyclic amines) is 1. The Labute approximate surface area is 259 Å². The second kappa shape index (κ2) is 15.9. The van der Waals surface area contributed by atoms with Gasteiger partial charge in [-0.15, -0.1) is 0 Å². The van der Waals surface area contributed by atoms with E-state index in [1.165, 1.54) is 18.5 Å². The molecule has 0 spiro atoms. The highest BCUT2D eigenvalue weighted by Gasteiger charge is 2.36. The number of hydrogen-bond donors (Lipinski definition) is 3. The van der Waals surface area contributed by atoms with E-state index in [-0.39, 0.29) is 17.2 Å². The van der Waals surface area contributed by atoms with Gasteiger partial charge in [0.2, 0.25) is 0 Å². The molecule has 1 aromatic heterocycles. The molecule has 0 unspecified atom stereocenters. The highest BCUT2D eigenvalue weighted by atomic mass is 35.5. The monoisotopic (exact) mass is 680 g/mol. The fourth-order valence-corrected chi connectivity index (χ4v) is 4.52. The standard InChI is InChI=1S/C24H26ClFN4O4.2CH4O3S/c1-31-20-11-19-16(24(28-14-27-19)29-15-3-4-18(26)17(25)9-15)10-21(20)32-6-2-5-30-12-22-23(13-30)34-8-7-33-22;2*1-5(2,3)4/h3-4,9-11,14,22-23H,2,5-8,12-13H2,1H3,(H,27,28,29);2*1H3,(H,2,3,4)/t22-,23+;;. The average molecular weight is 681 g/mol. The van der Waals surface area contributed by atoms with Crippen LogP contribution in [0.2, 0.25) is 5.02 Å². The molecule has 2 atom stereocenters. The first-order valence-electron chi connectivity index (χ1n) is 13.1. The maximum Gasteiger partial charge on any atom is 0.261 e. The van der Waals surface area contributed by atoms with E-state index in [4.69, 9.17) is 39.7 Å². The first-order valence-corrected chi connectivity index (χ1v) is 17.2. The predicted octanol–water partition coefficient (Wildman–Crippen LogP) is 3.05. The van der Waals surface area contributed by atoms with Gasteiger partial charge < -0.3 is 24.3 Å². The lowest BCUT2D eigenvalue weighted by molar-refractivity contribution is -0.116. The van der Waals surface area contributed by atoms with Crippen molar-refractivity contribution in [2.45, 2.75) is 18.6 Å². The number of anilines is 2. The van der Waals surface area contributed by atoms with Crippen molar-refractivity contribution in [2.24, 2.45) is 0 Å². The number of aromatic nitrogens is 2. The van der Waals surface area contributed by atoms with Gasteiger partial charge >= 0.3 is 0 Å². The van der Waals surface area contributed by atoms with Gasteiger partial charge in [0.15, 0.2) is 11.5 Å². The Morgan fingerprint density at radius 2 is 1.64 bits per heavy atom. The van der Waals surface area contributed by atoms with Crippen LogP contribution in [0.3, 0.4) is 0 Å². The molecule has 244 valence electrons. The number of rotatable bonds is 8. The highest BCUT2D eigenvalue weighted by Crippen LogP contribution is 2.35. The molecule has 5 rings (SSSR count). The Bertz CT molecular complexity index is 1570. The summed E-state index contributed by atoms with van der Waals surface area (Å²) in [6, 6.07) is 8.08. The number of hydrogen-bond acceptors (Lipinski definition) is 12. The van der Waals surface area contributed by atoms with Crippen molar-refractivity contribution in [3.05, 3.63) is 47.5 Å². The van der Waals surface area contributed by atoms with Crippen LogP contribution in [-0.4, -0.2) is 112 Å². The van der Waals surface area contributed by atoms with E-state index in [2.05, 4.69) is 20.2 Å². The van der Waals surface area contributed by atoms with Crippen molar-refractivity contribution >= 4 is 54.2 Å². The van der Waals surface area contributed by atoms with E-state index in [0.717, 1.165) is 31.4 Å². The van der Waals surface area contributed by atoms with Gasteiger partial charge in [-0.25, -0.2) is 14.4 Å². The van der Waals surface area contributed by atoms with Gasteiger partial charge in [-0.3, -0.25) is 14.0 Å². The molecule has 44 heavy (non-hydrogen) atoms. The largest absolute Gasteiger partial charge is 0.493 e. The number of nitrogens with zero attached hydrogens (tertiary/aromatic N) is 3. The summed E-state index contributed by atoms with van der Waals surface area (Å²) in [4.78, 5) is 11.0. The Kier molecular flexibility index (Phi) is 12.9. The molecule has 3 N–H and O–H groups in total. The van der Waals surface area contributed by atoms with E-state index < -0.39 is 26.1 Å². The van der Waals surface area contributed by atoms with E-state index in [0.29, 0.717) is 60.9 Å². The number of methoxy groups -OCH3 is 1. The Morgan fingerprint density at radius 3 is 2.20 bits per heavy atom. The normalized spacial score (nSPS) is 18.3. The molecule has 18 heteroatoms. The van der Waals surface area contributed by atoms with Gasteiger partial charge in [-0.2, -0.15) is 16.8 Å². The third-order valence-corrected chi connectivity index (χ3v) is 6.31. The third-order valence-electron chi connectivity index (χ3n) is 6.02. The lowest BCUT2D eigenvalue weighted by Gasteiger charge is -2.24. The first-order chi connectivity index (χ1) is 20.6. The fourth-order valence-electron chi connectivity index (χ4n) is 4.34. The summed E-state index contributed by atoms with van der Waals surface area (Å²) in [5.74, 6) is 1.27. The zero-order valence-corrected chi connectivity index (χ0v) is 26.5. The second-order valence-electron chi connectivity index (χ2n) is 9.74. The molecule has 0 saturated carbocycles. The second-order valence-corrected chi connectivity index (χ2v) is 13.1. The maximum absolute atomic E-state index is 13.5. The van der Waals surface area contributed by atoms with E-state index >= 15 is 0 Å². The van der Waals surface area contributed by atoms with E-state index in [1.807, 2.05) is 12.1 Å². The van der Waals surface area contributed by atoms with Crippen molar-refractivity contribution in [1.82, 2.24) is 14.9 Å². The zero-order chi connectivity index (χ0) is 32.5. The van der Waals surface area contributed by atoms with Crippen LogP contribution in [-0.2, 0) is 29.7 Å². The van der Waals surface area contributed by atoms with Gasteiger partial charge in [-0.05, 0) is 30.7 Å². The molecule has 0 aliphatic carbocycles. The summed E-state index contributed by atoms with van der Waals surface area (Å²) in [5, 5.41) is 3.96. The minimum absolute atomic E-state index is 0.0319. The molecule has 0 amide bonds. The molecule has 0 radical (unpaired) electrons. The lowest BCUT2D eigenvalue weighted by Crippen LogP contribution is -2.36. The Hall–Kier alpha value is -2.90. The van der Waals surface area contributed by atoms with Gasteiger partial charge in [0.25, 0.3) is 20.2 Å². The topological polar surface area (TPSA) is 187 Å². The van der Waals surface area contributed by atoms with E-state index in [9.17, 15) is 21.2 Å². The van der Waals surface area contributed by atoms with Crippen molar-refractivity contribution in [2.75, 3.05) is 64.4 Å². The van der Waals surface area contributed by atoms with Gasteiger partial charge in [0, 0.05) is 36.8 Å². The smallest absolute Gasteiger partial charge is 0.261 e. The quantitative estimate of drug-likeness (QED) is 0.233. The number of benzene rings is 2. The average Bonchev–Trinajstić information content (AvgIpc) is 3.34. The van der Waals surface area contributed by atoms with Crippen LogP contribution in [0.15, 0.2) is 36.7 Å². The third kappa shape index (κ3) is 12.2. The Morgan fingerprint density at radius 1 is 1.02 bits per heavy atom. The predicted molar refractivity (Wildman–Crippen MR) is 162 cm³/mol. The number of fused-ring (bicyclic) bond motifs is 2. The van der Waals surface area contributed by atoms with Crippen molar-refractivity contribution in [3.63, 3.8) is 0 Å². The molecular formula is C26H34ClFN4O10S2. The molecule has 2 aliphatic rings. The molecule has 2 aromatic carbocycles. The first kappa shape index (κ1) is 35.6. The molecule has 2 aliphatic heterocycles. The number of halogens is 2. The minimum Gasteiger partial charge on any atom is -0.493 e. The maximum atomic E-state index is 13.5. The fraction of sp³-hybridized carbons (Fsp3) is 0.462. The van der Waals surface area contributed by atoms with Gasteiger partial charge in [-0.1, -0.05) is 11.6 Å². The van der Waals surface area contributed by atoms with Crippen LogP contribution in [0, 0.1) is 5.82 Å². The van der Waals surface area contributed by atoms with Crippen molar-refractivity contribution in [3.8, 4) is 11.5 Å². The molecule has 3 aromatic rings. The van der Waals surface area contributed by atoms with Crippen LogP contribution >= 0.6 is 11.6 Å². The molecule has 0 bridgehead atoms. The van der Waals surface area contributed by atoms with Crippen LogP contribution in [0.5, 0.6) is 11.5 Å². The van der Waals surface area contributed by atoms with Crippen molar-refractivity contribution in [1.29, 1.82) is 0 Å². The molecule has 2 fully saturated rings. The van der Waals surface area contributed by atoms with Crippen molar-refractivity contribution < 1.29 is 49.3 Å². The van der Waals surface area contributed by atoms with Gasteiger partial charge in [0.05, 0.1) is 62.2 Å².